The van der Waals surface area contributed by atoms with Gasteiger partial charge in [-0.3, -0.25) is 4.79 Å². The van der Waals surface area contributed by atoms with Gasteiger partial charge in [-0.25, -0.2) is 0 Å². The van der Waals surface area contributed by atoms with E-state index < -0.39 is 0 Å². The molecule has 0 N–H and O–H groups in total. The Morgan fingerprint density at radius 3 is 2.88 bits per heavy atom. The Balaban J connectivity index is 1.36. The number of hydrogen-bond acceptors (Lipinski definition) is 5. The van der Waals surface area contributed by atoms with Gasteiger partial charge >= 0.3 is 0 Å². The van der Waals surface area contributed by atoms with Gasteiger partial charge < -0.3 is 14.5 Å². The molecule has 0 aromatic carbocycles. The van der Waals surface area contributed by atoms with Crippen LogP contribution in [-0.4, -0.2) is 42.5 Å². The molecule has 2 aliphatic rings. The van der Waals surface area contributed by atoms with Crippen LogP contribution in [0.5, 0.6) is 5.88 Å². The first-order valence-electron chi connectivity index (χ1n) is 8.84. The number of pyridine rings is 1. The van der Waals surface area contributed by atoms with Crippen LogP contribution in [0.4, 0.5) is 5.82 Å². The summed E-state index contributed by atoms with van der Waals surface area (Å²) in [6.07, 6.45) is 2.79. The monoisotopic (exact) mass is 357 g/mol. The van der Waals surface area contributed by atoms with Gasteiger partial charge in [-0.15, -0.1) is 11.3 Å². The molecule has 6 heteroatoms. The zero-order chi connectivity index (χ0) is 17.2. The van der Waals surface area contributed by atoms with Crippen molar-refractivity contribution in [1.82, 2.24) is 9.88 Å². The molecular formula is C19H23N3O2S. The maximum absolute atomic E-state index is 12.9. The molecule has 0 saturated carbocycles. The number of nitrogens with zero attached hydrogens (tertiary/aromatic N) is 3. The second-order valence-electron chi connectivity index (χ2n) is 6.68. The van der Waals surface area contributed by atoms with Crippen molar-refractivity contribution >= 4 is 23.1 Å². The summed E-state index contributed by atoms with van der Waals surface area (Å²) in [5.41, 5.74) is 1.34. The van der Waals surface area contributed by atoms with E-state index in [0.717, 1.165) is 51.3 Å². The number of anilines is 1. The van der Waals surface area contributed by atoms with Crippen LogP contribution in [0, 0.1) is 5.92 Å². The van der Waals surface area contributed by atoms with Gasteiger partial charge in [-0.1, -0.05) is 6.07 Å². The highest BCUT2D eigenvalue weighted by atomic mass is 32.1. The lowest BCUT2D eigenvalue weighted by Gasteiger charge is -2.36. The normalized spacial score (nSPS) is 18.1. The minimum Gasteiger partial charge on any atom is -0.481 e. The molecule has 2 aromatic rings. The predicted molar refractivity (Wildman–Crippen MR) is 99.2 cm³/mol. The lowest BCUT2D eigenvalue weighted by molar-refractivity contribution is -0.137. The Kier molecular flexibility index (Phi) is 4.61. The van der Waals surface area contributed by atoms with Crippen LogP contribution < -0.4 is 9.64 Å². The summed E-state index contributed by atoms with van der Waals surface area (Å²) < 4.78 is 5.21. The number of aromatic nitrogens is 1. The number of hydrogen-bond donors (Lipinski definition) is 0. The first-order chi connectivity index (χ1) is 12.2. The zero-order valence-corrected chi connectivity index (χ0v) is 15.3. The van der Waals surface area contributed by atoms with Gasteiger partial charge in [0.25, 0.3) is 0 Å². The Hall–Kier alpha value is -2.08. The lowest BCUT2D eigenvalue weighted by Crippen LogP contribution is -2.44. The molecule has 0 atom stereocenters. The summed E-state index contributed by atoms with van der Waals surface area (Å²) in [6, 6.07) is 7.99. The van der Waals surface area contributed by atoms with Gasteiger partial charge in [0, 0.05) is 43.0 Å². The van der Waals surface area contributed by atoms with Crippen LogP contribution in [0.3, 0.4) is 0 Å². The molecule has 2 aromatic heterocycles. The van der Waals surface area contributed by atoms with E-state index in [4.69, 9.17) is 4.74 Å². The summed E-state index contributed by atoms with van der Waals surface area (Å²) >= 11 is 1.81. The molecule has 0 aliphatic carbocycles. The zero-order valence-electron chi connectivity index (χ0n) is 14.5. The topological polar surface area (TPSA) is 45.7 Å². The van der Waals surface area contributed by atoms with E-state index >= 15 is 0 Å². The number of thiophene rings is 1. The van der Waals surface area contributed by atoms with Gasteiger partial charge in [0.1, 0.15) is 5.82 Å². The first-order valence-corrected chi connectivity index (χ1v) is 9.72. The number of rotatable bonds is 3. The number of carbonyl (C=O) groups is 1. The van der Waals surface area contributed by atoms with E-state index in [9.17, 15) is 4.79 Å². The third-order valence-electron chi connectivity index (χ3n) is 5.21. The maximum Gasteiger partial charge on any atom is 0.226 e. The molecule has 2 aliphatic heterocycles. The van der Waals surface area contributed by atoms with Crippen molar-refractivity contribution in [3.63, 3.8) is 0 Å². The Morgan fingerprint density at radius 1 is 1.24 bits per heavy atom. The Bertz CT molecular complexity index is 753. The van der Waals surface area contributed by atoms with Crippen molar-refractivity contribution in [3.05, 3.63) is 40.1 Å². The Morgan fingerprint density at radius 2 is 2.08 bits per heavy atom. The second kappa shape index (κ2) is 7.04. The summed E-state index contributed by atoms with van der Waals surface area (Å²) in [5, 5.41) is 2.14. The molecule has 25 heavy (non-hydrogen) atoms. The van der Waals surface area contributed by atoms with Crippen LogP contribution in [-0.2, 0) is 17.8 Å². The number of methoxy groups -OCH3 is 1. The molecule has 132 valence electrons. The number of amides is 1. The molecule has 1 amide bonds. The van der Waals surface area contributed by atoms with Crippen LogP contribution in [0.15, 0.2) is 29.6 Å². The standard InChI is InChI=1S/C19H23N3O2S/c1-24-18-4-2-3-17(20-18)21-9-5-14(6-10-21)19(23)22-11-7-16-15(13-22)8-12-25-16/h2-4,8,12,14H,5-7,9-11,13H2,1H3. The highest BCUT2D eigenvalue weighted by molar-refractivity contribution is 7.10. The van der Waals surface area contributed by atoms with Gasteiger partial charge in [0.2, 0.25) is 11.8 Å². The van der Waals surface area contributed by atoms with Crippen molar-refractivity contribution in [3.8, 4) is 5.88 Å². The average molecular weight is 357 g/mol. The molecule has 4 rings (SSSR count). The third kappa shape index (κ3) is 3.35. The van der Waals surface area contributed by atoms with Crippen LogP contribution in [0.1, 0.15) is 23.3 Å². The van der Waals surface area contributed by atoms with Crippen LogP contribution in [0.2, 0.25) is 0 Å². The molecule has 5 nitrogen and oxygen atoms in total. The largest absolute Gasteiger partial charge is 0.481 e. The highest BCUT2D eigenvalue weighted by Crippen LogP contribution is 2.28. The number of piperidine rings is 1. The summed E-state index contributed by atoms with van der Waals surface area (Å²) in [7, 11) is 1.63. The summed E-state index contributed by atoms with van der Waals surface area (Å²) in [4.78, 5) is 23.2. The van der Waals surface area contributed by atoms with E-state index in [1.165, 1.54) is 10.4 Å². The predicted octanol–water partition coefficient (Wildman–Crippen LogP) is 2.95. The quantitative estimate of drug-likeness (QED) is 0.847. The van der Waals surface area contributed by atoms with E-state index in [1.807, 2.05) is 29.5 Å². The van der Waals surface area contributed by atoms with E-state index in [1.54, 1.807) is 7.11 Å². The van der Waals surface area contributed by atoms with Crippen molar-refractivity contribution < 1.29 is 9.53 Å². The van der Waals surface area contributed by atoms with Crippen molar-refractivity contribution in [2.24, 2.45) is 5.92 Å². The molecule has 1 fully saturated rings. The molecule has 0 unspecified atom stereocenters. The fourth-order valence-corrected chi connectivity index (χ4v) is 4.63. The number of fused-ring (bicyclic) bond motifs is 1. The van der Waals surface area contributed by atoms with Gasteiger partial charge in [-0.05, 0) is 42.3 Å². The second-order valence-corrected chi connectivity index (χ2v) is 7.68. The van der Waals surface area contributed by atoms with Crippen LogP contribution in [0.25, 0.3) is 0 Å². The number of carbonyl (C=O) groups excluding carboxylic acids is 1. The SMILES string of the molecule is COc1cccc(N2CCC(C(=O)N3CCc4sccc4C3)CC2)n1. The molecular weight excluding hydrogens is 334 g/mol. The fourth-order valence-electron chi connectivity index (χ4n) is 3.74. The fraction of sp³-hybridized carbons (Fsp3) is 0.474. The van der Waals surface area contributed by atoms with E-state index in [2.05, 4.69) is 26.2 Å². The lowest BCUT2D eigenvalue weighted by atomic mass is 9.94. The molecule has 0 spiro atoms. The molecule has 4 heterocycles. The van der Waals surface area contributed by atoms with E-state index in [-0.39, 0.29) is 5.92 Å². The molecule has 0 radical (unpaired) electrons. The summed E-state index contributed by atoms with van der Waals surface area (Å²) in [6.45, 7) is 3.39. The highest BCUT2D eigenvalue weighted by Gasteiger charge is 2.31. The van der Waals surface area contributed by atoms with Gasteiger partial charge in [0.15, 0.2) is 0 Å². The van der Waals surface area contributed by atoms with Crippen LogP contribution >= 0.6 is 11.3 Å². The molecule has 1 saturated heterocycles. The minimum atomic E-state index is 0.141. The maximum atomic E-state index is 12.9. The Labute approximate surface area is 152 Å². The minimum absolute atomic E-state index is 0.141. The van der Waals surface area contributed by atoms with Crippen molar-refractivity contribution in [2.45, 2.75) is 25.8 Å². The first kappa shape index (κ1) is 16.4. The summed E-state index contributed by atoms with van der Waals surface area (Å²) in [5.74, 6) is 2.04. The third-order valence-corrected chi connectivity index (χ3v) is 6.23. The van der Waals surface area contributed by atoms with Crippen molar-refractivity contribution in [2.75, 3.05) is 31.6 Å². The smallest absolute Gasteiger partial charge is 0.226 e. The van der Waals surface area contributed by atoms with E-state index in [0.29, 0.717) is 11.8 Å². The van der Waals surface area contributed by atoms with Gasteiger partial charge in [-0.2, -0.15) is 4.98 Å². The molecule has 0 bridgehead atoms. The average Bonchev–Trinajstić information content (AvgIpc) is 3.15. The van der Waals surface area contributed by atoms with Gasteiger partial charge in [0.05, 0.1) is 7.11 Å². The van der Waals surface area contributed by atoms with Crippen molar-refractivity contribution in [1.29, 1.82) is 0 Å². The number of ether oxygens (including phenoxy) is 1.